The van der Waals surface area contributed by atoms with Gasteiger partial charge in [0.15, 0.2) is 5.78 Å². The van der Waals surface area contributed by atoms with E-state index in [0.29, 0.717) is 13.0 Å². The predicted molar refractivity (Wildman–Crippen MR) is 226 cm³/mol. The van der Waals surface area contributed by atoms with Crippen molar-refractivity contribution in [2.24, 2.45) is 0 Å². The largest absolute Gasteiger partial charge is 0.374 e. The molecule has 1 saturated heterocycles. The predicted octanol–water partition coefficient (Wildman–Crippen LogP) is 11.1. The van der Waals surface area contributed by atoms with Gasteiger partial charge >= 0.3 is 0 Å². The molecule has 1 N–H and O–H groups in total. The number of hydrogen-bond donors (Lipinski definition) is 1. The Labute approximate surface area is 342 Å². The van der Waals surface area contributed by atoms with Crippen LogP contribution in [0.1, 0.15) is 119 Å². The van der Waals surface area contributed by atoms with Crippen molar-refractivity contribution in [1.29, 1.82) is 0 Å². The van der Waals surface area contributed by atoms with Gasteiger partial charge in [0.2, 0.25) is 0 Å². The molecular weight excluding hydrogens is 713 g/mol. The molecule has 4 aromatic rings. The van der Waals surface area contributed by atoms with Gasteiger partial charge in [-0.1, -0.05) is 205 Å². The molecule has 1 fully saturated rings. The van der Waals surface area contributed by atoms with Crippen molar-refractivity contribution in [1.82, 2.24) is 0 Å². The van der Waals surface area contributed by atoms with Gasteiger partial charge in [0, 0.05) is 6.42 Å². The normalized spacial score (nSPS) is 20.7. The van der Waals surface area contributed by atoms with E-state index in [9.17, 15) is 9.90 Å². The quantitative estimate of drug-likeness (QED) is 0.0575. The van der Waals surface area contributed by atoms with Crippen LogP contribution in [-0.4, -0.2) is 47.7 Å². The summed E-state index contributed by atoms with van der Waals surface area (Å²) < 4.78 is 32.8. The molecule has 0 aliphatic carbocycles. The molecule has 308 valence electrons. The van der Waals surface area contributed by atoms with Gasteiger partial charge in [0.05, 0.1) is 33.0 Å². The third-order valence-electron chi connectivity index (χ3n) is 10.8. The van der Waals surface area contributed by atoms with Crippen LogP contribution in [0.25, 0.3) is 0 Å². The van der Waals surface area contributed by atoms with Crippen molar-refractivity contribution < 1.29 is 33.6 Å². The number of ketones is 1. The van der Waals surface area contributed by atoms with Crippen molar-refractivity contribution >= 4 is 5.78 Å². The molecule has 1 aliphatic heterocycles. The summed E-state index contributed by atoms with van der Waals surface area (Å²) >= 11 is 0. The molecule has 7 heteroatoms. The Morgan fingerprint density at radius 3 is 1.37 bits per heavy atom. The molecule has 7 nitrogen and oxygen atoms in total. The van der Waals surface area contributed by atoms with Gasteiger partial charge in [-0.15, -0.1) is 0 Å². The molecule has 0 aromatic heterocycles. The lowest BCUT2D eigenvalue weighted by molar-refractivity contribution is -0.353. The highest BCUT2D eigenvalue weighted by atomic mass is 16.7. The number of Topliss-reactive ketones (excluding diaryl/α,β-unsaturated/α-hetero) is 1. The van der Waals surface area contributed by atoms with Gasteiger partial charge in [-0.2, -0.15) is 0 Å². The van der Waals surface area contributed by atoms with Crippen LogP contribution in [0.15, 0.2) is 121 Å². The van der Waals surface area contributed by atoms with E-state index in [1.165, 1.54) is 57.8 Å². The van der Waals surface area contributed by atoms with Crippen LogP contribution in [0.5, 0.6) is 0 Å². The van der Waals surface area contributed by atoms with E-state index in [2.05, 4.69) is 6.92 Å². The molecule has 0 saturated carbocycles. The number of aliphatic hydroxyl groups is 1. The number of carbonyl (C=O) groups excluding carboxylic acids is 1. The third kappa shape index (κ3) is 15.2. The van der Waals surface area contributed by atoms with E-state index < -0.39 is 36.0 Å². The maximum Gasteiger partial charge on any atom is 0.256 e. The topological polar surface area (TPSA) is 83.5 Å². The molecule has 57 heavy (non-hydrogen) atoms. The molecule has 0 spiro atoms. The molecule has 1 heterocycles. The van der Waals surface area contributed by atoms with Crippen LogP contribution in [-0.2, 0) is 54.9 Å². The SMILES string of the molecule is CCCCCCCCCCCCCCCC(=O)[C@]1(O)O[C@H](COCc2ccccc2)[C@@H](OCc2ccccc2)[C@H](OCc2ccccc2)[C@H]1OCc1ccccc1. The summed E-state index contributed by atoms with van der Waals surface area (Å²) in [5, 5.41) is 12.6. The third-order valence-corrected chi connectivity index (χ3v) is 10.8. The van der Waals surface area contributed by atoms with Gasteiger partial charge in [0.25, 0.3) is 5.79 Å². The first-order valence-corrected chi connectivity index (χ1v) is 21.6. The maximum atomic E-state index is 14.4. The summed E-state index contributed by atoms with van der Waals surface area (Å²) in [5.41, 5.74) is 3.83. The summed E-state index contributed by atoms with van der Waals surface area (Å²) in [4.78, 5) is 14.4. The van der Waals surface area contributed by atoms with Gasteiger partial charge in [-0.25, -0.2) is 0 Å². The second-order valence-corrected chi connectivity index (χ2v) is 15.5. The monoisotopic (exact) mass is 778 g/mol. The van der Waals surface area contributed by atoms with Crippen LogP contribution in [0, 0.1) is 0 Å². The van der Waals surface area contributed by atoms with Gasteiger partial charge in [-0.3, -0.25) is 4.79 Å². The molecule has 5 atom stereocenters. The maximum absolute atomic E-state index is 14.4. The smallest absolute Gasteiger partial charge is 0.256 e. The van der Waals surface area contributed by atoms with Crippen LogP contribution in [0.4, 0.5) is 0 Å². The summed E-state index contributed by atoms with van der Waals surface area (Å²) in [5.74, 6) is -2.70. The summed E-state index contributed by atoms with van der Waals surface area (Å²) in [6.45, 7) is 3.31. The van der Waals surface area contributed by atoms with E-state index in [4.69, 9.17) is 23.7 Å². The fraction of sp³-hybridized carbons (Fsp3) is 0.500. The lowest BCUT2D eigenvalue weighted by atomic mass is 9.87. The average Bonchev–Trinajstić information content (AvgIpc) is 3.25. The number of benzene rings is 4. The highest BCUT2D eigenvalue weighted by molar-refractivity contribution is 5.86. The molecule has 4 aromatic carbocycles. The Bertz CT molecular complexity index is 1620. The van der Waals surface area contributed by atoms with Gasteiger partial charge in [0.1, 0.15) is 24.4 Å². The highest BCUT2D eigenvalue weighted by Gasteiger charge is 2.59. The lowest BCUT2D eigenvalue weighted by Crippen LogP contribution is -2.69. The average molecular weight is 779 g/mol. The van der Waals surface area contributed by atoms with Crippen LogP contribution >= 0.6 is 0 Å². The number of rotatable bonds is 28. The van der Waals surface area contributed by atoms with Crippen molar-refractivity contribution in [3.63, 3.8) is 0 Å². The number of carbonyl (C=O) groups is 1. The molecule has 0 amide bonds. The minimum absolute atomic E-state index is 0.0687. The summed E-state index contributed by atoms with van der Waals surface area (Å²) in [6.07, 6.45) is 12.2. The van der Waals surface area contributed by atoms with Gasteiger partial charge in [-0.05, 0) is 28.7 Å². The standard InChI is InChI=1S/C50H66O7/c1-2-3-4-5-6-7-8-9-10-11-12-13-26-35-46(51)50(52)49(56-39-44-33-24-17-25-34-44)48(55-38-43-31-22-16-23-32-43)47(54-37-42-29-20-15-21-30-42)45(57-50)40-53-36-41-27-18-14-19-28-41/h14-25,27-34,45,47-49,52H,2-13,26,35-40H2,1H3/t45-,47-,48+,49-,50+/m1/s1. The van der Waals surface area contributed by atoms with E-state index >= 15 is 0 Å². The first-order chi connectivity index (χ1) is 28.1. The molecule has 5 rings (SSSR count). The highest BCUT2D eigenvalue weighted by Crippen LogP contribution is 2.37. The number of hydrogen-bond acceptors (Lipinski definition) is 7. The van der Waals surface area contributed by atoms with E-state index in [1.807, 2.05) is 121 Å². The lowest BCUT2D eigenvalue weighted by Gasteiger charge is -2.49. The molecule has 0 bridgehead atoms. The van der Waals surface area contributed by atoms with Crippen molar-refractivity contribution in [3.05, 3.63) is 144 Å². The molecule has 0 radical (unpaired) electrons. The Kier molecular flexibility index (Phi) is 20.0. The van der Waals surface area contributed by atoms with Crippen molar-refractivity contribution in [2.45, 2.75) is 153 Å². The number of unbranched alkanes of at least 4 members (excludes halogenated alkanes) is 12. The van der Waals surface area contributed by atoms with Crippen LogP contribution in [0.2, 0.25) is 0 Å². The van der Waals surface area contributed by atoms with E-state index in [0.717, 1.165) is 41.5 Å². The Morgan fingerprint density at radius 2 is 0.912 bits per heavy atom. The second kappa shape index (κ2) is 25.6. The molecule has 0 unspecified atom stereocenters. The van der Waals surface area contributed by atoms with Crippen LogP contribution in [0.3, 0.4) is 0 Å². The van der Waals surface area contributed by atoms with Crippen molar-refractivity contribution in [3.8, 4) is 0 Å². The summed E-state index contributed by atoms with van der Waals surface area (Å²) in [7, 11) is 0. The molecule has 1 aliphatic rings. The Balaban J connectivity index is 1.32. The van der Waals surface area contributed by atoms with Crippen LogP contribution < -0.4 is 0 Å². The van der Waals surface area contributed by atoms with Gasteiger partial charge < -0.3 is 28.8 Å². The fourth-order valence-corrected chi connectivity index (χ4v) is 7.56. The second-order valence-electron chi connectivity index (χ2n) is 15.5. The first-order valence-electron chi connectivity index (χ1n) is 21.6. The molecular formula is C50H66O7. The Morgan fingerprint density at radius 1 is 0.526 bits per heavy atom. The zero-order valence-electron chi connectivity index (χ0n) is 34.2. The van der Waals surface area contributed by atoms with E-state index in [-0.39, 0.29) is 32.8 Å². The van der Waals surface area contributed by atoms with Crippen molar-refractivity contribution in [2.75, 3.05) is 6.61 Å². The van der Waals surface area contributed by atoms with E-state index in [1.54, 1.807) is 0 Å². The first kappa shape index (κ1) is 44.4. The minimum Gasteiger partial charge on any atom is -0.374 e. The Hall–Kier alpha value is -3.69. The zero-order valence-corrected chi connectivity index (χ0v) is 34.2. The number of ether oxygens (including phenoxy) is 5. The fourth-order valence-electron chi connectivity index (χ4n) is 7.56. The minimum atomic E-state index is -2.29. The summed E-state index contributed by atoms with van der Waals surface area (Å²) in [6, 6.07) is 39.4. The zero-order chi connectivity index (χ0) is 39.8.